The third kappa shape index (κ3) is 4.64. The van der Waals surface area contributed by atoms with E-state index in [9.17, 15) is 9.90 Å². The van der Waals surface area contributed by atoms with Gasteiger partial charge in [0.2, 0.25) is 5.91 Å². The Kier molecular flexibility index (Phi) is 5.62. The SMILES string of the molecule is Cc1csc(NC(=O)CN2CCN(C[C@H](O)c3ccco3)CC2)n1. The molecule has 1 atom stereocenters. The van der Waals surface area contributed by atoms with Crippen molar-refractivity contribution in [3.8, 4) is 0 Å². The standard InChI is InChI=1S/C16H22N4O3S/c1-12-11-24-16(17-12)18-15(22)10-20-6-4-19(5-7-20)9-13(21)14-3-2-8-23-14/h2-3,8,11,13,21H,4-7,9-10H2,1H3,(H,17,18,22)/t13-/m0/s1. The first-order valence-corrected chi connectivity index (χ1v) is 8.86. The van der Waals surface area contributed by atoms with Gasteiger partial charge >= 0.3 is 0 Å². The number of nitrogens with zero attached hydrogens (tertiary/aromatic N) is 3. The molecule has 1 aliphatic rings. The highest BCUT2D eigenvalue weighted by atomic mass is 32.1. The van der Waals surface area contributed by atoms with Crippen molar-refractivity contribution in [2.24, 2.45) is 0 Å². The van der Waals surface area contributed by atoms with Gasteiger partial charge in [0.15, 0.2) is 5.13 Å². The van der Waals surface area contributed by atoms with Gasteiger partial charge in [-0.3, -0.25) is 14.6 Å². The molecule has 0 bridgehead atoms. The van der Waals surface area contributed by atoms with E-state index in [1.807, 2.05) is 12.3 Å². The van der Waals surface area contributed by atoms with Crippen LogP contribution in [0.2, 0.25) is 0 Å². The molecule has 0 aliphatic carbocycles. The summed E-state index contributed by atoms with van der Waals surface area (Å²) in [4.78, 5) is 20.6. The quantitative estimate of drug-likeness (QED) is 0.818. The van der Waals surface area contributed by atoms with Crippen molar-refractivity contribution < 1.29 is 14.3 Å². The van der Waals surface area contributed by atoms with Crippen LogP contribution >= 0.6 is 11.3 Å². The second-order valence-electron chi connectivity index (χ2n) is 5.95. The Morgan fingerprint density at radius 2 is 2.17 bits per heavy atom. The highest BCUT2D eigenvalue weighted by molar-refractivity contribution is 7.13. The fourth-order valence-corrected chi connectivity index (χ4v) is 3.42. The normalized spacial score (nSPS) is 17.8. The smallest absolute Gasteiger partial charge is 0.240 e. The number of hydrogen-bond donors (Lipinski definition) is 2. The lowest BCUT2D eigenvalue weighted by atomic mass is 10.2. The van der Waals surface area contributed by atoms with Gasteiger partial charge in [-0.05, 0) is 19.1 Å². The summed E-state index contributed by atoms with van der Waals surface area (Å²) in [6.07, 6.45) is 0.960. The molecule has 1 saturated heterocycles. The molecule has 7 nitrogen and oxygen atoms in total. The molecule has 2 aromatic heterocycles. The van der Waals surface area contributed by atoms with Crippen LogP contribution in [-0.2, 0) is 4.79 Å². The van der Waals surface area contributed by atoms with E-state index in [1.54, 1.807) is 18.4 Å². The largest absolute Gasteiger partial charge is 0.467 e. The number of piperazine rings is 1. The van der Waals surface area contributed by atoms with Crippen LogP contribution < -0.4 is 5.32 Å². The maximum atomic E-state index is 12.1. The van der Waals surface area contributed by atoms with E-state index in [4.69, 9.17) is 4.42 Å². The monoisotopic (exact) mass is 350 g/mol. The van der Waals surface area contributed by atoms with Crippen LogP contribution in [0.1, 0.15) is 17.6 Å². The number of aromatic nitrogens is 1. The molecule has 3 rings (SSSR count). The van der Waals surface area contributed by atoms with Crippen LogP contribution in [0.15, 0.2) is 28.2 Å². The topological polar surface area (TPSA) is 81.8 Å². The van der Waals surface area contributed by atoms with Crippen molar-refractivity contribution in [3.05, 3.63) is 35.2 Å². The van der Waals surface area contributed by atoms with E-state index in [0.717, 1.165) is 31.9 Å². The summed E-state index contributed by atoms with van der Waals surface area (Å²) in [5.41, 5.74) is 0.916. The fourth-order valence-electron chi connectivity index (χ4n) is 2.72. The number of rotatable bonds is 6. The van der Waals surface area contributed by atoms with Crippen molar-refractivity contribution in [3.63, 3.8) is 0 Å². The average molecular weight is 350 g/mol. The average Bonchev–Trinajstić information content (AvgIpc) is 3.21. The Bertz CT molecular complexity index is 650. The number of nitrogens with one attached hydrogen (secondary N) is 1. The zero-order chi connectivity index (χ0) is 16.9. The molecule has 8 heteroatoms. The first-order chi connectivity index (χ1) is 11.6. The van der Waals surface area contributed by atoms with E-state index in [-0.39, 0.29) is 5.91 Å². The van der Waals surface area contributed by atoms with Gasteiger partial charge in [0.05, 0.1) is 18.5 Å². The predicted molar refractivity (Wildman–Crippen MR) is 92.0 cm³/mol. The van der Waals surface area contributed by atoms with Crippen molar-refractivity contribution in [2.75, 3.05) is 44.6 Å². The van der Waals surface area contributed by atoms with Crippen molar-refractivity contribution in [1.82, 2.24) is 14.8 Å². The van der Waals surface area contributed by atoms with Crippen LogP contribution in [0.25, 0.3) is 0 Å². The van der Waals surface area contributed by atoms with Crippen molar-refractivity contribution in [1.29, 1.82) is 0 Å². The summed E-state index contributed by atoms with van der Waals surface area (Å²) in [7, 11) is 0. The molecule has 2 N–H and O–H groups in total. The highest BCUT2D eigenvalue weighted by Crippen LogP contribution is 2.16. The van der Waals surface area contributed by atoms with E-state index >= 15 is 0 Å². The first-order valence-electron chi connectivity index (χ1n) is 7.98. The number of aliphatic hydroxyl groups is 1. The van der Waals surface area contributed by atoms with Gasteiger partial charge in [-0.15, -0.1) is 11.3 Å². The maximum absolute atomic E-state index is 12.1. The van der Waals surface area contributed by atoms with Gasteiger partial charge in [0.1, 0.15) is 11.9 Å². The third-order valence-corrected chi connectivity index (χ3v) is 4.88. The molecular weight excluding hydrogens is 328 g/mol. The predicted octanol–water partition coefficient (Wildman–Crippen LogP) is 1.33. The number of anilines is 1. The van der Waals surface area contributed by atoms with Crippen molar-refractivity contribution >= 4 is 22.4 Å². The van der Waals surface area contributed by atoms with Crippen LogP contribution in [0, 0.1) is 6.92 Å². The summed E-state index contributed by atoms with van der Waals surface area (Å²) in [5.74, 6) is 0.559. The lowest BCUT2D eigenvalue weighted by molar-refractivity contribution is -0.117. The Labute approximate surface area is 144 Å². The molecule has 0 spiro atoms. The minimum absolute atomic E-state index is 0.0339. The minimum atomic E-state index is -0.608. The number of carbonyl (C=O) groups is 1. The molecule has 3 heterocycles. The molecule has 2 aromatic rings. The number of aryl methyl sites for hydroxylation is 1. The van der Waals surface area contributed by atoms with Crippen LogP contribution in [0.3, 0.4) is 0 Å². The number of furan rings is 1. The molecule has 24 heavy (non-hydrogen) atoms. The first kappa shape index (κ1) is 17.1. The Morgan fingerprint density at radius 3 is 2.79 bits per heavy atom. The molecule has 0 aromatic carbocycles. The lowest BCUT2D eigenvalue weighted by Crippen LogP contribution is -2.49. The van der Waals surface area contributed by atoms with E-state index in [0.29, 0.717) is 24.0 Å². The van der Waals surface area contributed by atoms with E-state index < -0.39 is 6.10 Å². The number of amides is 1. The van der Waals surface area contributed by atoms with Crippen LogP contribution in [0.5, 0.6) is 0 Å². The molecule has 1 amide bonds. The molecule has 0 radical (unpaired) electrons. The van der Waals surface area contributed by atoms with Gasteiger partial charge in [-0.25, -0.2) is 4.98 Å². The minimum Gasteiger partial charge on any atom is -0.467 e. The van der Waals surface area contributed by atoms with E-state index in [1.165, 1.54) is 11.3 Å². The van der Waals surface area contributed by atoms with E-state index in [2.05, 4.69) is 20.1 Å². The van der Waals surface area contributed by atoms with Gasteiger partial charge < -0.3 is 14.8 Å². The molecule has 0 saturated carbocycles. The molecule has 1 aliphatic heterocycles. The van der Waals surface area contributed by atoms with Gasteiger partial charge in [-0.1, -0.05) is 0 Å². The summed E-state index contributed by atoms with van der Waals surface area (Å²) in [5, 5.41) is 15.5. The van der Waals surface area contributed by atoms with Gasteiger partial charge in [0.25, 0.3) is 0 Å². The van der Waals surface area contributed by atoms with Crippen LogP contribution in [0.4, 0.5) is 5.13 Å². The third-order valence-electron chi connectivity index (χ3n) is 4.00. The number of β-amino-alcohol motifs (C(OH)–C–C–N with tert-alkyl or cyclic N) is 1. The van der Waals surface area contributed by atoms with Gasteiger partial charge in [-0.2, -0.15) is 0 Å². The lowest BCUT2D eigenvalue weighted by Gasteiger charge is -2.34. The molecule has 130 valence electrons. The molecule has 0 unspecified atom stereocenters. The maximum Gasteiger partial charge on any atom is 0.240 e. The summed E-state index contributed by atoms with van der Waals surface area (Å²) >= 11 is 1.44. The molecular formula is C16H22N4O3S. The second-order valence-corrected chi connectivity index (χ2v) is 6.81. The fraction of sp³-hybridized carbons (Fsp3) is 0.500. The number of aliphatic hydroxyl groups excluding tert-OH is 1. The molecule has 1 fully saturated rings. The Morgan fingerprint density at radius 1 is 1.42 bits per heavy atom. The Hall–Kier alpha value is -1.74. The highest BCUT2D eigenvalue weighted by Gasteiger charge is 2.22. The summed E-state index contributed by atoms with van der Waals surface area (Å²) < 4.78 is 5.22. The zero-order valence-electron chi connectivity index (χ0n) is 13.6. The second kappa shape index (κ2) is 7.89. The summed E-state index contributed by atoms with van der Waals surface area (Å²) in [6.45, 7) is 6.06. The summed E-state index contributed by atoms with van der Waals surface area (Å²) in [6, 6.07) is 3.56. The zero-order valence-corrected chi connectivity index (χ0v) is 14.5. The van der Waals surface area contributed by atoms with Crippen LogP contribution in [-0.4, -0.2) is 65.1 Å². The Balaban J connectivity index is 1.39. The number of carbonyl (C=O) groups excluding carboxylic acids is 1. The van der Waals surface area contributed by atoms with Gasteiger partial charge in [0, 0.05) is 38.1 Å². The van der Waals surface area contributed by atoms with Crippen molar-refractivity contribution in [2.45, 2.75) is 13.0 Å². The number of thiazole rings is 1. The number of hydrogen-bond acceptors (Lipinski definition) is 7.